The highest BCUT2D eigenvalue weighted by molar-refractivity contribution is 9.10. The molecule has 0 spiro atoms. The summed E-state index contributed by atoms with van der Waals surface area (Å²) in [6.45, 7) is 1.59. The quantitative estimate of drug-likeness (QED) is 0.896. The molecule has 0 saturated heterocycles. The molecule has 0 fully saturated rings. The van der Waals surface area contributed by atoms with Crippen LogP contribution in [-0.2, 0) is 6.42 Å². The van der Waals surface area contributed by atoms with Crippen molar-refractivity contribution in [2.45, 2.75) is 19.3 Å². The molecule has 1 aromatic rings. The molecule has 82 valence electrons. The summed E-state index contributed by atoms with van der Waals surface area (Å²) in [6.07, 6.45) is 3.30. The fourth-order valence-electron chi connectivity index (χ4n) is 2.08. The summed E-state index contributed by atoms with van der Waals surface area (Å²) in [4.78, 5) is 0. The van der Waals surface area contributed by atoms with Crippen molar-refractivity contribution in [3.8, 4) is 5.75 Å². The Labute approximate surface area is 98.9 Å². The lowest BCUT2D eigenvalue weighted by Gasteiger charge is -2.11. The van der Waals surface area contributed by atoms with Gasteiger partial charge in [-0.05, 0) is 55.5 Å². The second-order valence-corrected chi connectivity index (χ2v) is 4.95. The zero-order valence-electron chi connectivity index (χ0n) is 8.71. The van der Waals surface area contributed by atoms with Crippen LogP contribution < -0.4 is 10.5 Å². The monoisotopic (exact) mass is 269 g/mol. The van der Waals surface area contributed by atoms with Gasteiger partial charge in [0.05, 0.1) is 6.61 Å². The Hall–Kier alpha value is -0.540. The minimum Gasteiger partial charge on any atom is -0.493 e. The van der Waals surface area contributed by atoms with Crippen LogP contribution >= 0.6 is 15.9 Å². The fourth-order valence-corrected chi connectivity index (χ4v) is 2.49. The van der Waals surface area contributed by atoms with Gasteiger partial charge < -0.3 is 10.5 Å². The van der Waals surface area contributed by atoms with Crippen molar-refractivity contribution in [2.75, 3.05) is 13.2 Å². The molecule has 1 unspecified atom stereocenters. The van der Waals surface area contributed by atoms with Crippen molar-refractivity contribution >= 4 is 15.9 Å². The predicted molar refractivity (Wildman–Crippen MR) is 65.1 cm³/mol. The van der Waals surface area contributed by atoms with Gasteiger partial charge in [-0.2, -0.15) is 0 Å². The molecule has 2 nitrogen and oxygen atoms in total. The maximum absolute atomic E-state index is 5.72. The van der Waals surface area contributed by atoms with Crippen LogP contribution in [0.15, 0.2) is 22.7 Å². The summed E-state index contributed by atoms with van der Waals surface area (Å²) in [7, 11) is 0. The van der Waals surface area contributed by atoms with E-state index < -0.39 is 0 Å². The van der Waals surface area contributed by atoms with Crippen LogP contribution in [0.2, 0.25) is 0 Å². The second-order valence-electron chi connectivity index (χ2n) is 4.04. The lowest BCUT2D eigenvalue weighted by Crippen LogP contribution is -2.11. The van der Waals surface area contributed by atoms with Gasteiger partial charge in [0.25, 0.3) is 0 Å². The van der Waals surface area contributed by atoms with Gasteiger partial charge in [-0.25, -0.2) is 0 Å². The van der Waals surface area contributed by atoms with Gasteiger partial charge in [0.2, 0.25) is 0 Å². The van der Waals surface area contributed by atoms with E-state index in [-0.39, 0.29) is 0 Å². The first-order valence-corrected chi connectivity index (χ1v) is 6.20. The largest absolute Gasteiger partial charge is 0.493 e. The summed E-state index contributed by atoms with van der Waals surface area (Å²) in [5.74, 6) is 1.71. The molecule has 1 atom stereocenters. The molecule has 0 saturated carbocycles. The van der Waals surface area contributed by atoms with E-state index in [0.29, 0.717) is 5.92 Å². The van der Waals surface area contributed by atoms with Crippen molar-refractivity contribution in [3.05, 3.63) is 28.2 Å². The van der Waals surface area contributed by atoms with Crippen molar-refractivity contribution in [1.29, 1.82) is 0 Å². The Morgan fingerprint density at radius 3 is 3.13 bits per heavy atom. The normalized spacial score (nSPS) is 20.3. The Morgan fingerprint density at radius 2 is 2.33 bits per heavy atom. The van der Waals surface area contributed by atoms with Crippen LogP contribution in [0.1, 0.15) is 18.4 Å². The first-order valence-electron chi connectivity index (χ1n) is 5.41. The summed E-state index contributed by atoms with van der Waals surface area (Å²) in [5.41, 5.74) is 6.92. The average Bonchev–Trinajstić information content (AvgIpc) is 2.39. The van der Waals surface area contributed by atoms with E-state index in [0.717, 1.165) is 42.6 Å². The molecule has 2 rings (SSSR count). The number of hydrogen-bond donors (Lipinski definition) is 1. The first-order chi connectivity index (χ1) is 7.29. The lowest BCUT2D eigenvalue weighted by molar-refractivity contribution is 0.291. The van der Waals surface area contributed by atoms with Gasteiger partial charge in [-0.3, -0.25) is 0 Å². The molecule has 0 aromatic heterocycles. The molecule has 3 heteroatoms. The van der Waals surface area contributed by atoms with Crippen LogP contribution in [-0.4, -0.2) is 13.2 Å². The smallest absolute Gasteiger partial charge is 0.122 e. The van der Waals surface area contributed by atoms with E-state index in [1.807, 2.05) is 12.1 Å². The molecule has 1 aliphatic heterocycles. The minimum absolute atomic E-state index is 0.672. The predicted octanol–water partition coefficient (Wildman–Crippen LogP) is 2.74. The van der Waals surface area contributed by atoms with Crippen LogP contribution in [0.4, 0.5) is 0 Å². The van der Waals surface area contributed by atoms with Crippen molar-refractivity contribution < 1.29 is 4.74 Å². The van der Waals surface area contributed by atoms with Gasteiger partial charge >= 0.3 is 0 Å². The number of hydrogen-bond acceptors (Lipinski definition) is 2. The molecule has 15 heavy (non-hydrogen) atoms. The molecule has 0 amide bonds. The zero-order valence-corrected chi connectivity index (χ0v) is 10.3. The Balaban J connectivity index is 2.19. The number of halogens is 1. The topological polar surface area (TPSA) is 35.2 Å². The summed E-state index contributed by atoms with van der Waals surface area (Å²) >= 11 is 3.49. The van der Waals surface area contributed by atoms with Crippen molar-refractivity contribution in [3.63, 3.8) is 0 Å². The summed E-state index contributed by atoms with van der Waals surface area (Å²) in [6, 6.07) is 6.23. The van der Waals surface area contributed by atoms with E-state index in [2.05, 4.69) is 22.0 Å². The molecule has 0 bridgehead atoms. The van der Waals surface area contributed by atoms with Crippen LogP contribution in [0.3, 0.4) is 0 Å². The number of benzene rings is 1. The fraction of sp³-hybridized carbons (Fsp3) is 0.500. The molecule has 2 N–H and O–H groups in total. The third-order valence-electron chi connectivity index (χ3n) is 2.89. The average molecular weight is 270 g/mol. The number of nitrogens with two attached hydrogens (primary N) is 1. The van der Waals surface area contributed by atoms with Crippen LogP contribution in [0.5, 0.6) is 5.75 Å². The summed E-state index contributed by atoms with van der Waals surface area (Å²) in [5, 5.41) is 0. The lowest BCUT2D eigenvalue weighted by atomic mass is 9.94. The maximum atomic E-state index is 5.72. The van der Waals surface area contributed by atoms with E-state index >= 15 is 0 Å². The molecule has 0 radical (unpaired) electrons. The molecule has 1 heterocycles. The van der Waals surface area contributed by atoms with Gasteiger partial charge in [0.1, 0.15) is 5.75 Å². The van der Waals surface area contributed by atoms with E-state index in [1.54, 1.807) is 0 Å². The van der Waals surface area contributed by atoms with Gasteiger partial charge in [0.15, 0.2) is 0 Å². The first kappa shape index (κ1) is 11.0. The maximum Gasteiger partial charge on any atom is 0.122 e. The van der Waals surface area contributed by atoms with Crippen LogP contribution in [0, 0.1) is 5.92 Å². The third kappa shape index (κ3) is 2.73. The van der Waals surface area contributed by atoms with Gasteiger partial charge in [-0.15, -0.1) is 0 Å². The summed E-state index contributed by atoms with van der Waals surface area (Å²) < 4.78 is 6.84. The zero-order chi connectivity index (χ0) is 10.7. The van der Waals surface area contributed by atoms with Crippen LogP contribution in [0.25, 0.3) is 0 Å². The molecular formula is C12H16BrNO. The third-order valence-corrected chi connectivity index (χ3v) is 3.38. The van der Waals surface area contributed by atoms with Crippen molar-refractivity contribution in [2.24, 2.45) is 11.7 Å². The van der Waals surface area contributed by atoms with E-state index in [4.69, 9.17) is 10.5 Å². The van der Waals surface area contributed by atoms with Gasteiger partial charge in [-0.1, -0.05) is 15.9 Å². The number of fused-ring (bicyclic) bond motifs is 1. The Morgan fingerprint density at radius 1 is 1.47 bits per heavy atom. The highest BCUT2D eigenvalue weighted by Crippen LogP contribution is 2.30. The van der Waals surface area contributed by atoms with Crippen molar-refractivity contribution in [1.82, 2.24) is 0 Å². The Bertz CT molecular complexity index is 340. The van der Waals surface area contributed by atoms with E-state index in [9.17, 15) is 0 Å². The highest BCUT2D eigenvalue weighted by Gasteiger charge is 2.17. The second kappa shape index (κ2) is 4.99. The van der Waals surface area contributed by atoms with Gasteiger partial charge in [0, 0.05) is 4.47 Å². The highest BCUT2D eigenvalue weighted by atomic mass is 79.9. The molecular weight excluding hydrogens is 254 g/mol. The SMILES string of the molecule is NCCC1CCOc2ccc(Br)cc2C1. The molecule has 1 aromatic carbocycles. The standard InChI is InChI=1S/C12H16BrNO/c13-11-1-2-12-10(8-11)7-9(3-5-14)4-6-15-12/h1-2,8-9H,3-7,14H2. The number of ether oxygens (including phenoxy) is 1. The Kier molecular flexibility index (Phi) is 3.65. The molecule has 1 aliphatic rings. The minimum atomic E-state index is 0.672. The number of rotatable bonds is 2. The van der Waals surface area contributed by atoms with E-state index in [1.165, 1.54) is 5.56 Å². The molecule has 0 aliphatic carbocycles.